The predicted octanol–water partition coefficient (Wildman–Crippen LogP) is 3.28. The monoisotopic (exact) mass is 201 g/mol. The highest BCUT2D eigenvalue weighted by atomic mass is 79.9. The molecule has 0 fully saturated rings. The van der Waals surface area contributed by atoms with Gasteiger partial charge in [0, 0.05) is 6.20 Å². The van der Waals surface area contributed by atoms with Crippen LogP contribution in [0, 0.1) is 0 Å². The van der Waals surface area contributed by atoms with Crippen molar-refractivity contribution >= 4 is 20.6 Å². The number of hydrogen-bond acceptors (Lipinski definition) is 1. The molecule has 0 heterocycles. The summed E-state index contributed by atoms with van der Waals surface area (Å²) in [5, 5.41) is 0. The molecule has 0 spiro atoms. The van der Waals surface area contributed by atoms with Crippen LogP contribution < -0.4 is 0 Å². The number of halogens is 1. The van der Waals surface area contributed by atoms with E-state index in [4.69, 9.17) is 0 Å². The van der Waals surface area contributed by atoms with Gasteiger partial charge in [-0.2, -0.15) is 0 Å². The van der Waals surface area contributed by atoms with E-state index in [0.717, 1.165) is 11.0 Å². The largest absolute Gasteiger partial charge is 0.249 e. The third kappa shape index (κ3) is 4.50. The first-order chi connectivity index (χ1) is 4.70. The molecule has 10 heavy (non-hydrogen) atoms. The molecule has 0 radical (unpaired) electrons. The van der Waals surface area contributed by atoms with E-state index < -0.39 is 0 Å². The molecule has 0 aromatic carbocycles. The molecule has 0 atom stereocenters. The van der Waals surface area contributed by atoms with E-state index in [1.165, 1.54) is 5.57 Å². The van der Waals surface area contributed by atoms with E-state index in [0.29, 0.717) is 0 Å². The van der Waals surface area contributed by atoms with Gasteiger partial charge >= 0.3 is 0 Å². The van der Waals surface area contributed by atoms with Crippen LogP contribution in [0.1, 0.15) is 20.3 Å². The van der Waals surface area contributed by atoms with Crippen molar-refractivity contribution in [2.75, 3.05) is 0 Å². The normalized spacial score (nSPS) is 13.5. The van der Waals surface area contributed by atoms with Gasteiger partial charge in [-0.05, 0) is 35.4 Å². The fraction of sp³-hybridized carbons (Fsp3) is 0.375. The second kappa shape index (κ2) is 5.42. The summed E-state index contributed by atoms with van der Waals surface area (Å²) in [5.41, 5.74) is 1.26. The van der Waals surface area contributed by atoms with Gasteiger partial charge < -0.3 is 0 Å². The molecule has 1 nitrogen and oxygen atoms in total. The van der Waals surface area contributed by atoms with Crippen molar-refractivity contribution in [1.29, 1.82) is 0 Å². The van der Waals surface area contributed by atoms with E-state index in [1.807, 2.05) is 13.1 Å². The van der Waals surface area contributed by atoms with Crippen LogP contribution in [0.25, 0.3) is 0 Å². The Balaban J connectivity index is 4.03. The number of hydrogen-bond donors (Lipinski definition) is 0. The Morgan fingerprint density at radius 3 is 2.70 bits per heavy atom. The van der Waals surface area contributed by atoms with Gasteiger partial charge in [0.1, 0.15) is 4.62 Å². The highest BCUT2D eigenvalue weighted by Gasteiger charge is 1.82. The van der Waals surface area contributed by atoms with Crippen molar-refractivity contribution in [3.63, 3.8) is 0 Å². The topological polar surface area (TPSA) is 12.4 Å². The van der Waals surface area contributed by atoms with E-state index in [9.17, 15) is 0 Å². The third-order valence-corrected chi connectivity index (χ3v) is 1.66. The Kier molecular flexibility index (Phi) is 5.22. The first-order valence-corrected chi connectivity index (χ1v) is 4.01. The van der Waals surface area contributed by atoms with Gasteiger partial charge in [-0.25, -0.2) is 4.99 Å². The van der Waals surface area contributed by atoms with Crippen LogP contribution in [-0.4, -0.2) is 4.62 Å². The molecule has 0 unspecified atom stereocenters. The lowest BCUT2D eigenvalue weighted by Gasteiger charge is -1.89. The van der Waals surface area contributed by atoms with Gasteiger partial charge in [0.2, 0.25) is 0 Å². The fourth-order valence-corrected chi connectivity index (χ4v) is 0.418. The molecule has 0 N–H and O–H groups in total. The quantitative estimate of drug-likeness (QED) is 0.622. The molecule has 0 bridgehead atoms. The lowest BCUT2D eigenvalue weighted by molar-refractivity contribution is 1.09. The van der Waals surface area contributed by atoms with Crippen LogP contribution in [-0.2, 0) is 0 Å². The molecule has 0 rings (SSSR count). The van der Waals surface area contributed by atoms with Crippen LogP contribution in [0.2, 0.25) is 0 Å². The second-order valence-electron chi connectivity index (χ2n) is 1.98. The van der Waals surface area contributed by atoms with Crippen LogP contribution in [0.5, 0.6) is 0 Å². The molecule has 0 saturated heterocycles. The van der Waals surface area contributed by atoms with Crippen molar-refractivity contribution in [3.05, 3.63) is 24.4 Å². The van der Waals surface area contributed by atoms with Gasteiger partial charge in [0.15, 0.2) is 0 Å². The second-order valence-corrected chi connectivity index (χ2v) is 2.80. The van der Waals surface area contributed by atoms with E-state index in [1.54, 1.807) is 6.08 Å². The van der Waals surface area contributed by atoms with Crippen LogP contribution in [0.15, 0.2) is 29.4 Å². The maximum absolute atomic E-state index is 4.07. The zero-order valence-corrected chi connectivity index (χ0v) is 7.98. The van der Waals surface area contributed by atoms with Gasteiger partial charge in [0.05, 0.1) is 0 Å². The first kappa shape index (κ1) is 9.63. The van der Waals surface area contributed by atoms with Gasteiger partial charge in [-0.15, -0.1) is 0 Å². The Bertz CT molecular complexity index is 168. The molecule has 0 aliphatic carbocycles. The summed E-state index contributed by atoms with van der Waals surface area (Å²) >= 11 is 3.22. The first-order valence-electron chi connectivity index (χ1n) is 3.22. The molecular weight excluding hydrogens is 190 g/mol. The number of nitrogens with zero attached hydrogens (tertiary/aromatic N) is 1. The zero-order valence-electron chi connectivity index (χ0n) is 6.39. The average molecular weight is 202 g/mol. The Morgan fingerprint density at radius 1 is 1.70 bits per heavy atom. The molecule has 0 aromatic heterocycles. The van der Waals surface area contributed by atoms with Crippen molar-refractivity contribution in [1.82, 2.24) is 0 Å². The molecule has 0 saturated carbocycles. The fourth-order valence-electron chi connectivity index (χ4n) is 0.316. The lowest BCUT2D eigenvalue weighted by atomic mass is 10.3. The Hall–Kier alpha value is -0.370. The molecule has 0 amide bonds. The summed E-state index contributed by atoms with van der Waals surface area (Å²) < 4.78 is 0.778. The third-order valence-electron chi connectivity index (χ3n) is 1.13. The minimum absolute atomic E-state index is 0.778. The molecule has 0 aliphatic heterocycles. The standard InChI is InChI=1S/C8H12BrN/c1-4-7(3)6-10-8(9)5-2/h5-6H,2,4H2,1,3H3/b7-6-,10-8+. The maximum atomic E-state index is 4.07. The summed E-state index contributed by atoms with van der Waals surface area (Å²) in [6.07, 6.45) is 4.55. The van der Waals surface area contributed by atoms with Crippen LogP contribution in [0.4, 0.5) is 0 Å². The molecule has 56 valence electrons. The van der Waals surface area contributed by atoms with Crippen molar-refractivity contribution in [2.24, 2.45) is 4.99 Å². The summed E-state index contributed by atoms with van der Waals surface area (Å²) in [5.74, 6) is 0. The Labute approximate surface area is 70.7 Å². The minimum atomic E-state index is 0.778. The number of rotatable bonds is 3. The van der Waals surface area contributed by atoms with Gasteiger partial charge in [-0.3, -0.25) is 0 Å². The van der Waals surface area contributed by atoms with E-state index in [-0.39, 0.29) is 0 Å². The van der Waals surface area contributed by atoms with E-state index >= 15 is 0 Å². The van der Waals surface area contributed by atoms with Gasteiger partial charge in [0.25, 0.3) is 0 Å². The van der Waals surface area contributed by atoms with Crippen LogP contribution in [0.3, 0.4) is 0 Å². The van der Waals surface area contributed by atoms with Crippen LogP contribution >= 0.6 is 15.9 Å². The highest BCUT2D eigenvalue weighted by molar-refractivity contribution is 9.18. The Morgan fingerprint density at radius 2 is 2.30 bits per heavy atom. The minimum Gasteiger partial charge on any atom is -0.249 e. The maximum Gasteiger partial charge on any atom is 0.105 e. The van der Waals surface area contributed by atoms with E-state index in [2.05, 4.69) is 34.4 Å². The molecule has 0 aliphatic rings. The SMILES string of the molecule is C=C/C(Br)=N\C=C(\C)CC. The lowest BCUT2D eigenvalue weighted by Crippen LogP contribution is -1.75. The number of allylic oxidation sites excluding steroid dienone is 2. The van der Waals surface area contributed by atoms with Gasteiger partial charge in [-0.1, -0.05) is 19.1 Å². The average Bonchev–Trinajstić information content (AvgIpc) is 1.99. The summed E-state index contributed by atoms with van der Waals surface area (Å²) in [6, 6.07) is 0. The molecular formula is C8H12BrN. The van der Waals surface area contributed by atoms with Crippen molar-refractivity contribution in [2.45, 2.75) is 20.3 Å². The van der Waals surface area contributed by atoms with Crippen molar-refractivity contribution < 1.29 is 0 Å². The highest BCUT2D eigenvalue weighted by Crippen LogP contribution is 1.99. The summed E-state index contributed by atoms with van der Waals surface area (Å²) in [6.45, 7) is 7.71. The molecule has 0 aromatic rings. The number of aliphatic imine (C=N–C) groups is 1. The smallest absolute Gasteiger partial charge is 0.105 e. The summed E-state index contributed by atoms with van der Waals surface area (Å²) in [7, 11) is 0. The zero-order chi connectivity index (χ0) is 7.98. The summed E-state index contributed by atoms with van der Waals surface area (Å²) in [4.78, 5) is 4.07. The molecule has 2 heteroatoms. The van der Waals surface area contributed by atoms with Crippen molar-refractivity contribution in [3.8, 4) is 0 Å². The predicted molar refractivity (Wildman–Crippen MR) is 50.6 cm³/mol.